The Morgan fingerprint density at radius 2 is 1.74 bits per heavy atom. The molecule has 0 bridgehead atoms. The van der Waals surface area contributed by atoms with E-state index in [4.69, 9.17) is 9.47 Å². The van der Waals surface area contributed by atoms with Crippen LogP contribution in [-0.4, -0.2) is 40.2 Å². The number of halogens is 1. The van der Waals surface area contributed by atoms with Gasteiger partial charge in [0.15, 0.2) is 15.8 Å². The zero-order chi connectivity index (χ0) is 26.9. The summed E-state index contributed by atoms with van der Waals surface area (Å²) in [6.45, 7) is 0.808. The molecule has 1 unspecified atom stereocenters. The van der Waals surface area contributed by atoms with Gasteiger partial charge in [0.25, 0.3) is 5.78 Å². The molecule has 196 valence electrons. The third kappa shape index (κ3) is 5.05. The normalized spacial score (nSPS) is 18.0. The number of aromatic nitrogens is 2. The predicted molar refractivity (Wildman–Crippen MR) is 152 cm³/mol. The average Bonchev–Trinajstić information content (AvgIpc) is 3.54. The molecular weight excluding hydrogens is 602 g/mol. The molecule has 1 saturated heterocycles. The van der Waals surface area contributed by atoms with Gasteiger partial charge in [-0.15, -0.1) is 10.2 Å². The van der Waals surface area contributed by atoms with Gasteiger partial charge in [-0.1, -0.05) is 81.5 Å². The molecule has 6 rings (SSSR count). The van der Waals surface area contributed by atoms with Crippen molar-refractivity contribution in [3.8, 4) is 11.5 Å². The highest BCUT2D eigenvalue weighted by Gasteiger charge is 2.48. The van der Waals surface area contributed by atoms with Crippen LogP contribution < -0.4 is 14.4 Å². The molecule has 1 aromatic heterocycles. The molecule has 3 heterocycles. The fourth-order valence-electron chi connectivity index (χ4n) is 4.41. The molecule has 1 N–H and O–H groups in total. The van der Waals surface area contributed by atoms with Crippen molar-refractivity contribution in [3.63, 3.8) is 0 Å². The van der Waals surface area contributed by atoms with Gasteiger partial charge in [-0.25, -0.2) is 0 Å². The second kappa shape index (κ2) is 10.8. The Morgan fingerprint density at radius 3 is 2.51 bits per heavy atom. The molecule has 3 aromatic carbocycles. The summed E-state index contributed by atoms with van der Waals surface area (Å²) < 4.78 is 12.7. The van der Waals surface area contributed by atoms with Crippen LogP contribution in [0.4, 0.5) is 5.13 Å². The maximum absolute atomic E-state index is 13.4. The van der Waals surface area contributed by atoms with Gasteiger partial charge in [0.1, 0.15) is 19.0 Å². The van der Waals surface area contributed by atoms with Crippen LogP contribution in [-0.2, 0) is 15.3 Å². The molecule has 0 spiro atoms. The average molecular weight is 623 g/mol. The molecule has 8 nitrogen and oxygen atoms in total. The Labute approximate surface area is 240 Å². The molecule has 1 fully saturated rings. The minimum atomic E-state index is -0.897. The number of anilines is 1. The van der Waals surface area contributed by atoms with Crippen molar-refractivity contribution in [2.75, 3.05) is 18.1 Å². The quantitative estimate of drug-likeness (QED) is 0.0921. The first-order valence-electron chi connectivity index (χ1n) is 12.0. The third-order valence-electron chi connectivity index (χ3n) is 6.25. The summed E-state index contributed by atoms with van der Waals surface area (Å²) in [4.78, 5) is 28.2. The minimum absolute atomic E-state index is 0.0345. The molecule has 11 heteroatoms. The first kappa shape index (κ1) is 25.6. The van der Waals surface area contributed by atoms with E-state index >= 15 is 0 Å². The molecule has 1 amide bonds. The van der Waals surface area contributed by atoms with Crippen LogP contribution in [0.3, 0.4) is 0 Å². The Kier molecular flexibility index (Phi) is 7.11. The summed E-state index contributed by atoms with van der Waals surface area (Å²) in [6, 6.07) is 21.2. The van der Waals surface area contributed by atoms with Crippen molar-refractivity contribution in [3.05, 3.63) is 99.5 Å². The highest BCUT2D eigenvalue weighted by atomic mass is 79.9. The number of Topliss-reactive ketones (excluding diaryl/α,β-unsaturated/α-hetero) is 1. The van der Waals surface area contributed by atoms with Crippen molar-refractivity contribution in [2.45, 2.75) is 16.1 Å². The first-order valence-corrected chi connectivity index (χ1v) is 14.6. The molecule has 0 aliphatic carbocycles. The Balaban J connectivity index is 1.39. The zero-order valence-electron chi connectivity index (χ0n) is 20.2. The summed E-state index contributed by atoms with van der Waals surface area (Å²) in [7, 11) is 0. The van der Waals surface area contributed by atoms with E-state index in [-0.39, 0.29) is 16.5 Å². The topological polar surface area (TPSA) is 102 Å². The summed E-state index contributed by atoms with van der Waals surface area (Å²) in [5, 5.41) is 20.2. The SMILES string of the molecule is O=C1C(=O)N(c2nnc(SCc3ccccc3)s2)C(c2ccc(Br)cc2)/C1=C(\O)c1ccc2c(c1)OCCO2. The number of carbonyl (C=O) groups excluding carboxylic acids is 2. The lowest BCUT2D eigenvalue weighted by molar-refractivity contribution is -0.132. The van der Waals surface area contributed by atoms with E-state index in [1.54, 1.807) is 30.3 Å². The lowest BCUT2D eigenvalue weighted by Gasteiger charge is -2.23. The van der Waals surface area contributed by atoms with Crippen LogP contribution in [0.1, 0.15) is 22.7 Å². The highest BCUT2D eigenvalue weighted by molar-refractivity contribution is 9.10. The van der Waals surface area contributed by atoms with Crippen molar-refractivity contribution >= 4 is 61.6 Å². The van der Waals surface area contributed by atoms with Gasteiger partial charge in [0.2, 0.25) is 5.13 Å². The number of nitrogens with zero attached hydrogens (tertiary/aromatic N) is 3. The van der Waals surface area contributed by atoms with E-state index in [0.29, 0.717) is 45.9 Å². The molecular formula is C28H20BrN3O5S2. The van der Waals surface area contributed by atoms with E-state index in [2.05, 4.69) is 26.1 Å². The zero-order valence-corrected chi connectivity index (χ0v) is 23.5. The largest absolute Gasteiger partial charge is 0.507 e. The van der Waals surface area contributed by atoms with Crippen LogP contribution in [0.5, 0.6) is 11.5 Å². The second-order valence-electron chi connectivity index (χ2n) is 8.70. The van der Waals surface area contributed by atoms with Gasteiger partial charge >= 0.3 is 5.91 Å². The van der Waals surface area contributed by atoms with Gasteiger partial charge in [-0.3, -0.25) is 14.5 Å². The molecule has 0 radical (unpaired) electrons. The predicted octanol–water partition coefficient (Wildman–Crippen LogP) is 5.99. The number of amides is 1. The number of hydrogen-bond donors (Lipinski definition) is 1. The number of hydrogen-bond acceptors (Lipinski definition) is 9. The number of benzene rings is 3. The van der Waals surface area contributed by atoms with E-state index in [1.165, 1.54) is 28.0 Å². The number of fused-ring (bicyclic) bond motifs is 1. The number of rotatable bonds is 6. The molecule has 0 saturated carbocycles. The van der Waals surface area contributed by atoms with Gasteiger partial charge in [0, 0.05) is 15.8 Å². The summed E-state index contributed by atoms with van der Waals surface area (Å²) in [6.07, 6.45) is 0. The van der Waals surface area contributed by atoms with Crippen LogP contribution in [0.25, 0.3) is 5.76 Å². The molecule has 39 heavy (non-hydrogen) atoms. The van der Waals surface area contributed by atoms with Gasteiger partial charge < -0.3 is 14.6 Å². The third-order valence-corrected chi connectivity index (χ3v) is 8.91. The number of carbonyl (C=O) groups is 2. The molecule has 4 aromatic rings. The van der Waals surface area contributed by atoms with Gasteiger partial charge in [-0.05, 0) is 41.5 Å². The Hall–Kier alpha value is -3.67. The van der Waals surface area contributed by atoms with Crippen molar-refractivity contribution in [1.82, 2.24) is 10.2 Å². The number of ketones is 1. The van der Waals surface area contributed by atoms with Crippen LogP contribution in [0.2, 0.25) is 0 Å². The number of ether oxygens (including phenoxy) is 2. The maximum atomic E-state index is 13.4. The Morgan fingerprint density at radius 1 is 1.00 bits per heavy atom. The van der Waals surface area contributed by atoms with Crippen molar-refractivity contribution in [1.29, 1.82) is 0 Å². The monoisotopic (exact) mass is 621 g/mol. The number of thioether (sulfide) groups is 1. The lowest BCUT2D eigenvalue weighted by Crippen LogP contribution is -2.29. The fourth-order valence-corrected chi connectivity index (χ4v) is 6.50. The summed E-state index contributed by atoms with van der Waals surface area (Å²) >= 11 is 6.16. The maximum Gasteiger partial charge on any atom is 0.301 e. The van der Waals surface area contributed by atoms with Crippen LogP contribution in [0, 0.1) is 0 Å². The minimum Gasteiger partial charge on any atom is -0.507 e. The second-order valence-corrected chi connectivity index (χ2v) is 11.8. The Bertz CT molecular complexity index is 1590. The highest BCUT2D eigenvalue weighted by Crippen LogP contribution is 2.45. The smallest absolute Gasteiger partial charge is 0.301 e. The standard InChI is InChI=1S/C28H20BrN3O5S2/c29-19-9-6-17(7-10-19)23-22(24(33)18-8-11-20-21(14-18)37-13-12-36-20)25(34)26(35)32(23)27-30-31-28(39-27)38-15-16-4-2-1-3-5-16/h1-11,14,23,33H,12-13,15H2/b24-22+. The summed E-state index contributed by atoms with van der Waals surface area (Å²) in [5.41, 5.74) is 2.09. The van der Waals surface area contributed by atoms with E-state index in [1.807, 2.05) is 42.5 Å². The van der Waals surface area contributed by atoms with E-state index in [9.17, 15) is 14.7 Å². The summed E-state index contributed by atoms with van der Waals surface area (Å²) in [5.74, 6) is -0.180. The van der Waals surface area contributed by atoms with Crippen LogP contribution >= 0.6 is 39.0 Å². The van der Waals surface area contributed by atoms with E-state index in [0.717, 1.165) is 10.0 Å². The lowest BCUT2D eigenvalue weighted by atomic mass is 9.95. The van der Waals surface area contributed by atoms with Crippen molar-refractivity contribution < 1.29 is 24.2 Å². The molecule has 2 aliphatic heterocycles. The van der Waals surface area contributed by atoms with E-state index < -0.39 is 17.7 Å². The number of aliphatic hydroxyl groups is 1. The molecule has 1 atom stereocenters. The van der Waals surface area contributed by atoms with Crippen molar-refractivity contribution in [2.24, 2.45) is 0 Å². The molecule has 2 aliphatic rings. The fraction of sp³-hybridized carbons (Fsp3) is 0.143. The number of aliphatic hydroxyl groups excluding tert-OH is 1. The first-order chi connectivity index (χ1) is 19.0. The van der Waals surface area contributed by atoms with Crippen LogP contribution in [0.15, 0.2) is 87.2 Å². The van der Waals surface area contributed by atoms with Gasteiger partial charge in [0.05, 0.1) is 11.6 Å². The van der Waals surface area contributed by atoms with Gasteiger partial charge in [-0.2, -0.15) is 0 Å².